The van der Waals surface area contributed by atoms with Crippen molar-refractivity contribution in [1.29, 1.82) is 0 Å². The Kier molecular flexibility index (Phi) is 5.70. The number of nitrogens with one attached hydrogen (secondary N) is 1. The monoisotopic (exact) mass is 332 g/mol. The lowest BCUT2D eigenvalue weighted by atomic mass is 9.94. The zero-order valence-electron chi connectivity index (χ0n) is 12.5. The van der Waals surface area contributed by atoms with Crippen LogP contribution in [0.15, 0.2) is 24.3 Å². The van der Waals surface area contributed by atoms with E-state index in [1.165, 1.54) is 12.1 Å². The van der Waals surface area contributed by atoms with Gasteiger partial charge in [0.1, 0.15) is 5.75 Å². The van der Waals surface area contributed by atoms with Crippen LogP contribution in [0, 0.1) is 5.92 Å². The number of hydrogen-bond acceptors (Lipinski definition) is 3. The van der Waals surface area contributed by atoms with Crippen LogP contribution >= 0.6 is 0 Å². The van der Waals surface area contributed by atoms with E-state index in [1.807, 2.05) is 0 Å². The molecule has 0 saturated carbocycles. The van der Waals surface area contributed by atoms with Crippen molar-refractivity contribution in [3.05, 3.63) is 24.3 Å². The minimum absolute atomic E-state index is 0.156. The molecule has 1 aliphatic rings. The molecule has 0 bridgehead atoms. The number of ether oxygens (including phenoxy) is 1. The van der Waals surface area contributed by atoms with E-state index in [2.05, 4.69) is 10.1 Å². The smallest absolute Gasteiger partial charge is 0.406 e. The van der Waals surface area contributed by atoms with Gasteiger partial charge in [-0.15, -0.1) is 13.2 Å². The number of likely N-dealkylation sites (tertiary alicyclic amines) is 1. The summed E-state index contributed by atoms with van der Waals surface area (Å²) in [5, 5.41) is 11.6. The molecule has 8 heteroatoms. The molecule has 1 aliphatic heterocycles. The van der Waals surface area contributed by atoms with Gasteiger partial charge in [0.15, 0.2) is 0 Å². The number of anilines is 1. The van der Waals surface area contributed by atoms with Gasteiger partial charge < -0.3 is 20.1 Å². The zero-order valence-corrected chi connectivity index (χ0v) is 12.5. The van der Waals surface area contributed by atoms with Crippen LogP contribution in [0.1, 0.15) is 19.3 Å². The number of carbonyl (C=O) groups is 1. The summed E-state index contributed by atoms with van der Waals surface area (Å²) >= 11 is 0. The molecule has 2 amide bonds. The first-order chi connectivity index (χ1) is 10.9. The third-order valence-electron chi connectivity index (χ3n) is 3.78. The van der Waals surface area contributed by atoms with Gasteiger partial charge in [0.05, 0.1) is 0 Å². The number of nitrogens with zero attached hydrogens (tertiary/aromatic N) is 1. The highest BCUT2D eigenvalue weighted by atomic mass is 19.4. The topological polar surface area (TPSA) is 61.8 Å². The normalized spacial score (nSPS) is 16.3. The average molecular weight is 332 g/mol. The predicted octanol–water partition coefficient (Wildman–Crippen LogP) is 3.21. The number of aliphatic hydroxyl groups excluding tert-OH is 1. The Bertz CT molecular complexity index is 512. The third-order valence-corrected chi connectivity index (χ3v) is 3.78. The Hall–Kier alpha value is -1.96. The minimum Gasteiger partial charge on any atom is -0.406 e. The van der Waals surface area contributed by atoms with Crippen molar-refractivity contribution in [2.75, 3.05) is 25.0 Å². The number of amides is 2. The summed E-state index contributed by atoms with van der Waals surface area (Å²) in [5.74, 6) is 0.100. The summed E-state index contributed by atoms with van der Waals surface area (Å²) in [6.45, 7) is 1.36. The Morgan fingerprint density at radius 3 is 2.39 bits per heavy atom. The quantitative estimate of drug-likeness (QED) is 0.890. The fourth-order valence-electron chi connectivity index (χ4n) is 2.55. The van der Waals surface area contributed by atoms with Crippen LogP contribution in [-0.2, 0) is 0 Å². The summed E-state index contributed by atoms with van der Waals surface area (Å²) in [5.41, 5.74) is 0.405. The van der Waals surface area contributed by atoms with E-state index in [4.69, 9.17) is 5.11 Å². The van der Waals surface area contributed by atoms with Crippen molar-refractivity contribution < 1.29 is 27.8 Å². The van der Waals surface area contributed by atoms with Crippen LogP contribution in [0.2, 0.25) is 0 Å². The van der Waals surface area contributed by atoms with E-state index in [-0.39, 0.29) is 18.4 Å². The molecular formula is C15H19F3N2O3. The maximum absolute atomic E-state index is 12.1. The highest BCUT2D eigenvalue weighted by Gasteiger charge is 2.31. The second-order valence-electron chi connectivity index (χ2n) is 5.45. The van der Waals surface area contributed by atoms with Gasteiger partial charge in [-0.25, -0.2) is 4.79 Å². The van der Waals surface area contributed by atoms with Crippen molar-refractivity contribution in [2.45, 2.75) is 25.6 Å². The number of alkyl halides is 3. The fraction of sp³-hybridized carbons (Fsp3) is 0.533. The summed E-state index contributed by atoms with van der Waals surface area (Å²) < 4.78 is 40.0. The highest BCUT2D eigenvalue weighted by Crippen LogP contribution is 2.24. The van der Waals surface area contributed by atoms with Crippen LogP contribution in [0.4, 0.5) is 23.7 Å². The molecule has 23 heavy (non-hydrogen) atoms. The van der Waals surface area contributed by atoms with Gasteiger partial charge in [-0.1, -0.05) is 0 Å². The molecule has 0 radical (unpaired) electrons. The number of carbonyl (C=O) groups excluding carboxylic acids is 1. The number of rotatable bonds is 4. The Balaban J connectivity index is 1.84. The standard InChI is InChI=1S/C15H19F3N2O3/c16-15(17,18)23-13-3-1-12(2-4-13)19-14(22)20-8-5-11(6-9-20)7-10-21/h1-4,11,21H,5-10H2,(H,19,22). The molecule has 0 aliphatic carbocycles. The van der Waals surface area contributed by atoms with E-state index in [0.717, 1.165) is 31.4 Å². The molecule has 1 saturated heterocycles. The Labute approximate surface area is 132 Å². The zero-order chi connectivity index (χ0) is 16.9. The molecule has 2 N–H and O–H groups in total. The predicted molar refractivity (Wildman–Crippen MR) is 78.1 cm³/mol. The first kappa shape index (κ1) is 17.4. The van der Waals surface area contributed by atoms with Crippen molar-refractivity contribution in [2.24, 2.45) is 5.92 Å². The largest absolute Gasteiger partial charge is 0.573 e. The van der Waals surface area contributed by atoms with Crippen LogP contribution in [0.5, 0.6) is 5.75 Å². The molecule has 0 spiro atoms. The van der Waals surface area contributed by atoms with Gasteiger partial charge in [-0.3, -0.25) is 0 Å². The second kappa shape index (κ2) is 7.54. The molecule has 0 unspecified atom stereocenters. The molecule has 1 fully saturated rings. The van der Waals surface area contributed by atoms with Crippen molar-refractivity contribution in [3.8, 4) is 5.75 Å². The van der Waals surface area contributed by atoms with Crippen LogP contribution in [0.3, 0.4) is 0 Å². The number of hydrogen-bond donors (Lipinski definition) is 2. The van der Waals surface area contributed by atoms with Gasteiger partial charge in [0.2, 0.25) is 0 Å². The molecule has 1 aromatic carbocycles. The summed E-state index contributed by atoms with van der Waals surface area (Å²) in [6.07, 6.45) is -2.31. The number of benzene rings is 1. The third kappa shape index (κ3) is 5.63. The van der Waals surface area contributed by atoms with E-state index < -0.39 is 6.36 Å². The first-order valence-corrected chi connectivity index (χ1v) is 7.40. The van der Waals surface area contributed by atoms with Gasteiger partial charge >= 0.3 is 12.4 Å². The Morgan fingerprint density at radius 1 is 1.26 bits per heavy atom. The van der Waals surface area contributed by atoms with Crippen LogP contribution in [0.25, 0.3) is 0 Å². The average Bonchev–Trinajstić information content (AvgIpc) is 2.49. The van der Waals surface area contributed by atoms with Gasteiger partial charge in [-0.2, -0.15) is 0 Å². The number of piperidine rings is 1. The van der Waals surface area contributed by atoms with Crippen molar-refractivity contribution in [3.63, 3.8) is 0 Å². The SMILES string of the molecule is O=C(Nc1ccc(OC(F)(F)F)cc1)N1CCC(CCO)CC1. The van der Waals surface area contributed by atoms with Crippen molar-refractivity contribution >= 4 is 11.7 Å². The molecule has 0 atom stereocenters. The molecule has 5 nitrogen and oxygen atoms in total. The summed E-state index contributed by atoms with van der Waals surface area (Å²) in [4.78, 5) is 13.8. The number of urea groups is 1. The van der Waals surface area contributed by atoms with Gasteiger partial charge in [0.25, 0.3) is 0 Å². The molecule has 1 heterocycles. The van der Waals surface area contributed by atoms with E-state index in [9.17, 15) is 18.0 Å². The van der Waals surface area contributed by atoms with E-state index >= 15 is 0 Å². The minimum atomic E-state index is -4.73. The molecular weight excluding hydrogens is 313 g/mol. The summed E-state index contributed by atoms with van der Waals surface area (Å²) in [6, 6.07) is 4.74. The molecule has 0 aromatic heterocycles. The Morgan fingerprint density at radius 2 is 1.87 bits per heavy atom. The lowest BCUT2D eigenvalue weighted by Gasteiger charge is -2.31. The highest BCUT2D eigenvalue weighted by molar-refractivity contribution is 5.89. The maximum atomic E-state index is 12.1. The fourth-order valence-corrected chi connectivity index (χ4v) is 2.55. The first-order valence-electron chi connectivity index (χ1n) is 7.40. The number of halogens is 3. The van der Waals surface area contributed by atoms with Gasteiger partial charge in [0, 0.05) is 25.4 Å². The lowest BCUT2D eigenvalue weighted by Crippen LogP contribution is -2.41. The number of aliphatic hydroxyl groups is 1. The molecule has 1 aromatic rings. The van der Waals surface area contributed by atoms with Crippen LogP contribution < -0.4 is 10.1 Å². The van der Waals surface area contributed by atoms with E-state index in [0.29, 0.717) is 24.7 Å². The van der Waals surface area contributed by atoms with Crippen molar-refractivity contribution in [1.82, 2.24) is 4.90 Å². The van der Waals surface area contributed by atoms with Gasteiger partial charge in [-0.05, 0) is 49.4 Å². The summed E-state index contributed by atoms with van der Waals surface area (Å²) in [7, 11) is 0. The second-order valence-corrected chi connectivity index (χ2v) is 5.45. The lowest BCUT2D eigenvalue weighted by molar-refractivity contribution is -0.274. The molecule has 2 rings (SSSR count). The van der Waals surface area contributed by atoms with Crippen LogP contribution in [-0.4, -0.2) is 42.1 Å². The molecule has 128 valence electrons. The van der Waals surface area contributed by atoms with E-state index in [1.54, 1.807) is 4.90 Å². The maximum Gasteiger partial charge on any atom is 0.573 e.